The van der Waals surface area contributed by atoms with Crippen molar-refractivity contribution >= 4 is 29.3 Å². The summed E-state index contributed by atoms with van der Waals surface area (Å²) in [5, 5.41) is 9.53. The van der Waals surface area contributed by atoms with Crippen LogP contribution >= 0.6 is 23.4 Å². The molecule has 3 rings (SSSR count). The molecule has 2 heterocycles. The van der Waals surface area contributed by atoms with E-state index in [-0.39, 0.29) is 11.2 Å². The van der Waals surface area contributed by atoms with E-state index < -0.39 is 0 Å². The molecule has 0 amide bonds. The van der Waals surface area contributed by atoms with Crippen molar-refractivity contribution in [1.29, 1.82) is 0 Å². The van der Waals surface area contributed by atoms with Crippen LogP contribution in [0.15, 0.2) is 29.4 Å². The van der Waals surface area contributed by atoms with E-state index in [2.05, 4.69) is 10.2 Å². The van der Waals surface area contributed by atoms with Gasteiger partial charge in [0.25, 0.3) is 0 Å². The molecule has 1 aliphatic rings. The maximum Gasteiger partial charge on any atom is 0.319 e. The van der Waals surface area contributed by atoms with Gasteiger partial charge in [-0.05, 0) is 24.3 Å². The number of thioether (sulfide) groups is 1. The number of halogens is 1. The summed E-state index contributed by atoms with van der Waals surface area (Å²) in [5.74, 6) is 0.571. The molecule has 20 heavy (non-hydrogen) atoms. The minimum absolute atomic E-state index is 0.175. The molecule has 1 saturated heterocycles. The van der Waals surface area contributed by atoms with Crippen molar-refractivity contribution in [2.75, 3.05) is 6.61 Å². The fraction of sp³-hybridized carbons (Fsp3) is 0.308. The normalized spacial score (nSPS) is 18.3. The van der Waals surface area contributed by atoms with Crippen LogP contribution in [0.2, 0.25) is 5.02 Å². The number of carbonyl (C=O) groups is 1. The van der Waals surface area contributed by atoms with Crippen LogP contribution in [0.5, 0.6) is 0 Å². The molecule has 2 aromatic rings. The highest BCUT2D eigenvalue weighted by atomic mass is 35.5. The number of hydrogen-bond acceptors (Lipinski definition) is 5. The Hall–Kier alpha value is -1.53. The topological polar surface area (TPSA) is 57.0 Å². The second-order valence-corrected chi connectivity index (χ2v) is 6.04. The highest BCUT2D eigenvalue weighted by Gasteiger charge is 2.29. The molecule has 1 atom stereocenters. The molecule has 5 nitrogen and oxygen atoms in total. The number of carbonyl (C=O) groups excluding carboxylic acids is 1. The smallest absolute Gasteiger partial charge is 0.319 e. The van der Waals surface area contributed by atoms with Gasteiger partial charge in [-0.3, -0.25) is 4.79 Å². The zero-order valence-electron chi connectivity index (χ0n) is 10.7. The number of esters is 1. The molecule has 1 aromatic carbocycles. The predicted octanol–water partition coefficient (Wildman–Crippen LogP) is 2.54. The molecule has 0 bridgehead atoms. The number of benzene rings is 1. The number of rotatable bonds is 3. The van der Waals surface area contributed by atoms with Gasteiger partial charge in [0, 0.05) is 24.1 Å². The summed E-state index contributed by atoms with van der Waals surface area (Å²) in [6.07, 6.45) is 0.715. The third-order valence-corrected chi connectivity index (χ3v) is 4.60. The average molecular weight is 310 g/mol. The zero-order valence-corrected chi connectivity index (χ0v) is 12.3. The van der Waals surface area contributed by atoms with Crippen LogP contribution in [0, 0.1) is 0 Å². The van der Waals surface area contributed by atoms with Crippen molar-refractivity contribution in [1.82, 2.24) is 14.8 Å². The second kappa shape index (κ2) is 5.46. The Kier molecular flexibility index (Phi) is 3.67. The van der Waals surface area contributed by atoms with E-state index in [1.54, 1.807) is 0 Å². The quantitative estimate of drug-likeness (QED) is 0.816. The first-order valence-electron chi connectivity index (χ1n) is 6.14. The van der Waals surface area contributed by atoms with Crippen LogP contribution in [-0.2, 0) is 16.6 Å². The largest absolute Gasteiger partial charge is 0.465 e. The predicted molar refractivity (Wildman–Crippen MR) is 76.7 cm³/mol. The Morgan fingerprint density at radius 2 is 2.10 bits per heavy atom. The molecule has 0 unspecified atom stereocenters. The molecule has 0 spiro atoms. The van der Waals surface area contributed by atoms with Gasteiger partial charge in [0.15, 0.2) is 11.0 Å². The molecule has 104 valence electrons. The standard InChI is InChI=1S/C13H12ClN3O2S/c1-17-11(8-2-4-9(14)5-3-8)15-16-13(17)20-10-6-7-19-12(10)18/h2-5,10H,6-7H2,1H3/t10-/m1/s1. The fourth-order valence-electron chi connectivity index (χ4n) is 1.98. The van der Waals surface area contributed by atoms with Gasteiger partial charge in [0.2, 0.25) is 0 Å². The van der Waals surface area contributed by atoms with Crippen LogP contribution in [0.4, 0.5) is 0 Å². The lowest BCUT2D eigenvalue weighted by Crippen LogP contribution is -2.10. The summed E-state index contributed by atoms with van der Waals surface area (Å²) < 4.78 is 6.82. The van der Waals surface area contributed by atoms with Gasteiger partial charge < -0.3 is 9.30 Å². The summed E-state index contributed by atoms with van der Waals surface area (Å²) in [4.78, 5) is 11.5. The molecule has 0 radical (unpaired) electrons. The molecular weight excluding hydrogens is 298 g/mol. The third-order valence-electron chi connectivity index (χ3n) is 3.07. The Bertz CT molecular complexity index is 642. The Morgan fingerprint density at radius 1 is 1.35 bits per heavy atom. The van der Waals surface area contributed by atoms with E-state index >= 15 is 0 Å². The minimum Gasteiger partial charge on any atom is -0.465 e. The summed E-state index contributed by atoms with van der Waals surface area (Å²) in [6.45, 7) is 0.485. The van der Waals surface area contributed by atoms with Crippen molar-refractivity contribution in [2.24, 2.45) is 7.05 Å². The van der Waals surface area contributed by atoms with Crippen molar-refractivity contribution in [2.45, 2.75) is 16.8 Å². The maximum atomic E-state index is 11.5. The van der Waals surface area contributed by atoms with E-state index in [0.29, 0.717) is 23.2 Å². The second-order valence-electron chi connectivity index (χ2n) is 4.43. The van der Waals surface area contributed by atoms with E-state index in [1.807, 2.05) is 35.9 Å². The van der Waals surface area contributed by atoms with E-state index in [1.165, 1.54) is 11.8 Å². The number of hydrogen-bond donors (Lipinski definition) is 0. The molecule has 7 heteroatoms. The summed E-state index contributed by atoms with van der Waals surface area (Å²) in [6, 6.07) is 7.41. The third kappa shape index (κ3) is 2.53. The Labute approximate surface area is 125 Å². The molecule has 0 aliphatic carbocycles. The van der Waals surface area contributed by atoms with Gasteiger partial charge in [-0.1, -0.05) is 23.4 Å². The van der Waals surface area contributed by atoms with Gasteiger partial charge in [0.05, 0.1) is 6.61 Å². The van der Waals surface area contributed by atoms with E-state index in [9.17, 15) is 4.79 Å². The Balaban J connectivity index is 1.85. The number of cyclic esters (lactones) is 1. The maximum absolute atomic E-state index is 11.5. The molecule has 1 fully saturated rings. The first kappa shape index (κ1) is 13.5. The average Bonchev–Trinajstić information content (AvgIpc) is 3.00. The van der Waals surface area contributed by atoms with Crippen molar-refractivity contribution < 1.29 is 9.53 Å². The summed E-state index contributed by atoms with van der Waals surface area (Å²) >= 11 is 7.27. The summed E-state index contributed by atoms with van der Waals surface area (Å²) in [7, 11) is 1.88. The fourth-order valence-corrected chi connectivity index (χ4v) is 3.07. The lowest BCUT2D eigenvalue weighted by molar-refractivity contribution is -0.137. The van der Waals surface area contributed by atoms with Crippen molar-refractivity contribution in [3.63, 3.8) is 0 Å². The van der Waals surface area contributed by atoms with E-state index in [0.717, 1.165) is 11.4 Å². The number of nitrogens with zero attached hydrogens (tertiary/aromatic N) is 3. The van der Waals surface area contributed by atoms with Crippen LogP contribution in [-0.4, -0.2) is 32.6 Å². The molecule has 0 N–H and O–H groups in total. The SMILES string of the molecule is Cn1c(S[C@@H]2CCOC2=O)nnc1-c1ccc(Cl)cc1. The van der Waals surface area contributed by atoms with Gasteiger partial charge in [0.1, 0.15) is 5.25 Å². The van der Waals surface area contributed by atoms with Gasteiger partial charge in [-0.15, -0.1) is 10.2 Å². The van der Waals surface area contributed by atoms with Gasteiger partial charge in [-0.2, -0.15) is 0 Å². The molecule has 1 aliphatic heterocycles. The first-order chi connectivity index (χ1) is 9.65. The van der Waals surface area contributed by atoms with Crippen molar-refractivity contribution in [3.05, 3.63) is 29.3 Å². The molecule has 0 saturated carbocycles. The highest BCUT2D eigenvalue weighted by molar-refractivity contribution is 8.00. The van der Waals surface area contributed by atoms with Crippen LogP contribution in [0.25, 0.3) is 11.4 Å². The number of aromatic nitrogens is 3. The molecular formula is C13H12ClN3O2S. The van der Waals surface area contributed by atoms with Crippen LogP contribution in [0.1, 0.15) is 6.42 Å². The van der Waals surface area contributed by atoms with Crippen molar-refractivity contribution in [3.8, 4) is 11.4 Å². The molecule has 1 aromatic heterocycles. The minimum atomic E-state index is -0.184. The van der Waals surface area contributed by atoms with Gasteiger partial charge >= 0.3 is 5.97 Å². The lowest BCUT2D eigenvalue weighted by atomic mass is 10.2. The lowest BCUT2D eigenvalue weighted by Gasteiger charge is -2.06. The first-order valence-corrected chi connectivity index (χ1v) is 7.39. The van der Waals surface area contributed by atoms with Crippen LogP contribution < -0.4 is 0 Å². The highest BCUT2D eigenvalue weighted by Crippen LogP contribution is 2.30. The summed E-state index contributed by atoms with van der Waals surface area (Å²) in [5.41, 5.74) is 0.935. The monoisotopic (exact) mass is 309 g/mol. The van der Waals surface area contributed by atoms with Gasteiger partial charge in [-0.25, -0.2) is 0 Å². The van der Waals surface area contributed by atoms with E-state index in [4.69, 9.17) is 16.3 Å². The Morgan fingerprint density at radius 3 is 2.75 bits per heavy atom. The number of ether oxygens (including phenoxy) is 1. The zero-order chi connectivity index (χ0) is 14.1. The van der Waals surface area contributed by atoms with Crippen LogP contribution in [0.3, 0.4) is 0 Å².